The van der Waals surface area contributed by atoms with E-state index in [4.69, 9.17) is 4.98 Å². The van der Waals surface area contributed by atoms with Crippen molar-refractivity contribution in [1.82, 2.24) is 19.7 Å². The van der Waals surface area contributed by atoms with E-state index in [1.165, 1.54) is 24.2 Å². The molecule has 3 aromatic rings. The van der Waals surface area contributed by atoms with E-state index in [1.54, 1.807) is 34.4 Å². The van der Waals surface area contributed by atoms with Crippen molar-refractivity contribution in [3.05, 3.63) is 33.7 Å². The van der Waals surface area contributed by atoms with Gasteiger partial charge in [0.15, 0.2) is 5.16 Å². The Morgan fingerprint density at radius 2 is 2.23 bits per heavy atom. The molecule has 0 aromatic carbocycles. The van der Waals surface area contributed by atoms with E-state index in [0.717, 1.165) is 28.2 Å². The van der Waals surface area contributed by atoms with Crippen molar-refractivity contribution in [3.63, 3.8) is 0 Å². The van der Waals surface area contributed by atoms with Crippen LogP contribution in [0.4, 0.5) is 0 Å². The summed E-state index contributed by atoms with van der Waals surface area (Å²) in [4.78, 5) is 4.72. The number of thiophene rings is 1. The second-order valence-electron chi connectivity index (χ2n) is 5.30. The summed E-state index contributed by atoms with van der Waals surface area (Å²) in [6.07, 6.45) is 2.53. The first kappa shape index (κ1) is 14.4. The number of aromatic nitrogens is 4. The maximum absolute atomic E-state index is 4.72. The van der Waals surface area contributed by atoms with E-state index in [0.29, 0.717) is 5.92 Å². The van der Waals surface area contributed by atoms with Crippen molar-refractivity contribution < 1.29 is 0 Å². The summed E-state index contributed by atoms with van der Waals surface area (Å²) in [5.74, 6) is 2.66. The first-order valence-electron chi connectivity index (χ1n) is 7.38. The van der Waals surface area contributed by atoms with Crippen LogP contribution in [-0.2, 0) is 12.3 Å². The molecule has 3 aromatic heterocycles. The van der Waals surface area contributed by atoms with Gasteiger partial charge < -0.3 is 4.57 Å². The zero-order valence-electron chi connectivity index (χ0n) is 12.2. The molecule has 0 N–H and O–H groups in total. The Hall–Kier alpha value is -1.18. The van der Waals surface area contributed by atoms with Crippen molar-refractivity contribution in [3.8, 4) is 10.6 Å². The third kappa shape index (κ3) is 2.85. The molecule has 0 unspecified atom stereocenters. The Labute approximate surface area is 141 Å². The first-order chi connectivity index (χ1) is 10.8. The maximum atomic E-state index is 4.72. The van der Waals surface area contributed by atoms with Gasteiger partial charge in [0.05, 0.1) is 5.69 Å². The Morgan fingerprint density at radius 3 is 2.95 bits per heavy atom. The summed E-state index contributed by atoms with van der Waals surface area (Å²) in [6.45, 7) is 3.11. The number of thioether (sulfide) groups is 1. The van der Waals surface area contributed by atoms with Gasteiger partial charge in [-0.2, -0.15) is 11.3 Å². The maximum Gasteiger partial charge on any atom is 0.191 e. The van der Waals surface area contributed by atoms with Gasteiger partial charge in [-0.3, -0.25) is 0 Å². The fourth-order valence-electron chi connectivity index (χ4n) is 2.38. The van der Waals surface area contributed by atoms with Crippen LogP contribution in [-0.4, -0.2) is 19.7 Å². The molecule has 3 heterocycles. The van der Waals surface area contributed by atoms with Gasteiger partial charge >= 0.3 is 0 Å². The Morgan fingerprint density at radius 1 is 1.32 bits per heavy atom. The molecule has 7 heteroatoms. The summed E-state index contributed by atoms with van der Waals surface area (Å²) in [7, 11) is 0. The molecule has 1 saturated carbocycles. The second-order valence-corrected chi connectivity index (χ2v) is 7.88. The zero-order chi connectivity index (χ0) is 14.9. The van der Waals surface area contributed by atoms with Gasteiger partial charge in [-0.05, 0) is 31.2 Å². The van der Waals surface area contributed by atoms with E-state index >= 15 is 0 Å². The first-order valence-corrected chi connectivity index (χ1v) is 10.2. The third-order valence-electron chi connectivity index (χ3n) is 3.67. The van der Waals surface area contributed by atoms with Crippen molar-refractivity contribution >= 4 is 34.4 Å². The summed E-state index contributed by atoms with van der Waals surface area (Å²) in [6, 6.07) is 2.12. The minimum absolute atomic E-state index is 0.645. The molecule has 0 amide bonds. The van der Waals surface area contributed by atoms with Crippen LogP contribution in [0.3, 0.4) is 0 Å². The van der Waals surface area contributed by atoms with Gasteiger partial charge in [-0.15, -0.1) is 21.5 Å². The Kier molecular flexibility index (Phi) is 4.02. The van der Waals surface area contributed by atoms with Crippen molar-refractivity contribution in [2.24, 2.45) is 0 Å². The third-order valence-corrected chi connectivity index (χ3v) is 6.30. The lowest BCUT2D eigenvalue weighted by atomic mass is 10.4. The van der Waals surface area contributed by atoms with E-state index in [9.17, 15) is 0 Å². The van der Waals surface area contributed by atoms with E-state index in [-0.39, 0.29) is 0 Å². The molecule has 114 valence electrons. The second kappa shape index (κ2) is 6.14. The number of hydrogen-bond donors (Lipinski definition) is 0. The minimum Gasteiger partial charge on any atom is -0.306 e. The van der Waals surface area contributed by atoms with Gasteiger partial charge in [0.2, 0.25) is 0 Å². The predicted octanol–water partition coefficient (Wildman–Crippen LogP) is 4.65. The molecule has 1 aliphatic rings. The zero-order valence-corrected chi connectivity index (χ0v) is 14.7. The number of thiazole rings is 1. The molecular weight excluding hydrogens is 332 g/mol. The van der Waals surface area contributed by atoms with Crippen LogP contribution in [0.15, 0.2) is 27.4 Å². The van der Waals surface area contributed by atoms with Gasteiger partial charge in [-0.25, -0.2) is 4.98 Å². The SMILES string of the molecule is CCn1c(SCc2csc(-c3ccsc3)n2)nnc1C1CC1. The number of rotatable bonds is 6. The van der Waals surface area contributed by atoms with E-state index < -0.39 is 0 Å². The fourth-order valence-corrected chi connectivity index (χ4v) is 4.92. The summed E-state index contributed by atoms with van der Waals surface area (Å²) < 4.78 is 2.26. The summed E-state index contributed by atoms with van der Waals surface area (Å²) in [5, 5.41) is 17.3. The van der Waals surface area contributed by atoms with E-state index in [2.05, 4.69) is 43.9 Å². The average Bonchev–Trinajstić information content (AvgIpc) is 3.00. The highest BCUT2D eigenvalue weighted by molar-refractivity contribution is 7.98. The van der Waals surface area contributed by atoms with Crippen LogP contribution in [0, 0.1) is 0 Å². The molecule has 0 atom stereocenters. The highest BCUT2D eigenvalue weighted by Gasteiger charge is 2.29. The predicted molar refractivity (Wildman–Crippen MR) is 92.7 cm³/mol. The van der Waals surface area contributed by atoms with Crippen molar-refractivity contribution in [1.29, 1.82) is 0 Å². The van der Waals surface area contributed by atoms with Crippen molar-refractivity contribution in [2.75, 3.05) is 0 Å². The van der Waals surface area contributed by atoms with Crippen LogP contribution in [0.1, 0.15) is 37.2 Å². The van der Waals surface area contributed by atoms with Gasteiger partial charge in [0.25, 0.3) is 0 Å². The standard InChI is InChI=1S/C15H16N4S3/c1-2-19-13(10-3-4-10)17-18-15(19)22-9-12-8-21-14(16-12)11-5-6-20-7-11/h5-8,10H,2-4,9H2,1H3. The topological polar surface area (TPSA) is 43.6 Å². The molecule has 4 rings (SSSR count). The summed E-state index contributed by atoms with van der Waals surface area (Å²) >= 11 is 5.16. The molecule has 0 bridgehead atoms. The summed E-state index contributed by atoms with van der Waals surface area (Å²) in [5.41, 5.74) is 2.34. The van der Waals surface area contributed by atoms with Gasteiger partial charge in [0.1, 0.15) is 10.8 Å². The molecule has 22 heavy (non-hydrogen) atoms. The minimum atomic E-state index is 0.645. The molecule has 0 spiro atoms. The highest BCUT2D eigenvalue weighted by Crippen LogP contribution is 2.40. The quantitative estimate of drug-likeness (QED) is 0.608. The average molecular weight is 349 g/mol. The largest absolute Gasteiger partial charge is 0.306 e. The van der Waals surface area contributed by atoms with Gasteiger partial charge in [0, 0.05) is 34.5 Å². The normalized spacial score (nSPS) is 14.6. The lowest BCUT2D eigenvalue weighted by molar-refractivity contribution is 0.643. The molecule has 0 radical (unpaired) electrons. The van der Waals surface area contributed by atoms with Crippen LogP contribution >= 0.6 is 34.4 Å². The van der Waals surface area contributed by atoms with Gasteiger partial charge in [-0.1, -0.05) is 11.8 Å². The van der Waals surface area contributed by atoms with Crippen LogP contribution in [0.25, 0.3) is 10.6 Å². The molecule has 4 nitrogen and oxygen atoms in total. The Balaban J connectivity index is 1.46. The molecule has 0 aliphatic heterocycles. The lowest BCUT2D eigenvalue weighted by Crippen LogP contribution is -2.02. The number of nitrogens with zero attached hydrogens (tertiary/aromatic N) is 4. The molecule has 1 aliphatic carbocycles. The van der Waals surface area contributed by atoms with Crippen molar-refractivity contribution in [2.45, 2.75) is 43.1 Å². The molecule has 0 saturated heterocycles. The Bertz CT molecular complexity index is 756. The smallest absolute Gasteiger partial charge is 0.191 e. The molecular formula is C15H16N4S3. The fraction of sp³-hybridized carbons (Fsp3) is 0.400. The van der Waals surface area contributed by atoms with Crippen LogP contribution < -0.4 is 0 Å². The van der Waals surface area contributed by atoms with E-state index in [1.807, 2.05) is 0 Å². The lowest BCUT2D eigenvalue weighted by Gasteiger charge is -2.05. The molecule has 1 fully saturated rings. The highest BCUT2D eigenvalue weighted by atomic mass is 32.2. The van der Waals surface area contributed by atoms with Crippen LogP contribution in [0.2, 0.25) is 0 Å². The number of hydrogen-bond acceptors (Lipinski definition) is 6. The monoisotopic (exact) mass is 348 g/mol. The van der Waals surface area contributed by atoms with Crippen LogP contribution in [0.5, 0.6) is 0 Å².